The second-order valence-electron chi connectivity index (χ2n) is 7.09. The van der Waals surface area contributed by atoms with Crippen molar-refractivity contribution in [2.75, 3.05) is 7.11 Å². The fraction of sp³-hybridized carbons (Fsp3) is 0.455. The number of unbranched alkanes of at least 4 members (excludes halogenated alkanes) is 1. The van der Waals surface area contributed by atoms with Crippen LogP contribution in [0.5, 0.6) is 5.88 Å². The van der Waals surface area contributed by atoms with E-state index in [4.69, 9.17) is 4.74 Å². The fourth-order valence-corrected chi connectivity index (χ4v) is 3.66. The van der Waals surface area contributed by atoms with E-state index in [0.29, 0.717) is 17.2 Å². The molecular weight excluding hydrogens is 352 g/mol. The molecule has 0 N–H and O–H groups in total. The van der Waals surface area contributed by atoms with Gasteiger partial charge in [-0.2, -0.15) is 0 Å². The number of aryl methyl sites for hydroxylation is 2. The van der Waals surface area contributed by atoms with Crippen molar-refractivity contribution >= 4 is 11.2 Å². The van der Waals surface area contributed by atoms with E-state index >= 15 is 0 Å². The minimum atomic E-state index is -0.0512. The number of pyridine rings is 2. The van der Waals surface area contributed by atoms with Crippen molar-refractivity contribution in [3.05, 3.63) is 46.1 Å². The third-order valence-corrected chi connectivity index (χ3v) is 5.23. The van der Waals surface area contributed by atoms with Crippen molar-refractivity contribution in [2.24, 2.45) is 0 Å². The van der Waals surface area contributed by atoms with Crippen LogP contribution in [0.3, 0.4) is 0 Å². The van der Waals surface area contributed by atoms with E-state index in [1.54, 1.807) is 20.2 Å². The molecule has 0 unspecified atom stereocenters. The second kappa shape index (κ2) is 8.50. The van der Waals surface area contributed by atoms with Gasteiger partial charge in [0.25, 0.3) is 5.56 Å². The molecule has 0 bridgehead atoms. The highest BCUT2D eigenvalue weighted by atomic mass is 16.5. The highest BCUT2D eigenvalue weighted by Crippen LogP contribution is 2.30. The molecule has 0 aliphatic rings. The summed E-state index contributed by atoms with van der Waals surface area (Å²) in [5.74, 6) is 0.575. The van der Waals surface area contributed by atoms with Crippen LogP contribution in [0, 0.1) is 13.8 Å². The Morgan fingerprint density at radius 1 is 1.07 bits per heavy atom. The van der Waals surface area contributed by atoms with Gasteiger partial charge in [-0.1, -0.05) is 26.7 Å². The number of aromatic nitrogens is 4. The van der Waals surface area contributed by atoms with Crippen molar-refractivity contribution < 1.29 is 4.74 Å². The zero-order valence-electron chi connectivity index (χ0n) is 17.3. The molecule has 3 aromatic heterocycles. The Bertz CT molecular complexity index is 1040. The molecule has 0 aliphatic heterocycles. The number of hydrogen-bond donors (Lipinski definition) is 0. The summed E-state index contributed by atoms with van der Waals surface area (Å²) >= 11 is 0. The van der Waals surface area contributed by atoms with Gasteiger partial charge in [0.15, 0.2) is 5.65 Å². The largest absolute Gasteiger partial charge is 0.481 e. The zero-order chi connectivity index (χ0) is 20.3. The molecule has 28 heavy (non-hydrogen) atoms. The Labute approximate surface area is 165 Å². The lowest BCUT2D eigenvalue weighted by Crippen LogP contribution is -2.28. The van der Waals surface area contributed by atoms with Gasteiger partial charge in [0.05, 0.1) is 7.11 Å². The normalized spacial score (nSPS) is 12.3. The first kappa shape index (κ1) is 20.0. The molecule has 6 heteroatoms. The van der Waals surface area contributed by atoms with Gasteiger partial charge in [0, 0.05) is 35.1 Å². The molecule has 148 valence electrons. The monoisotopic (exact) mass is 380 g/mol. The molecule has 3 aromatic rings. The minimum absolute atomic E-state index is 0.0512. The predicted octanol–water partition coefficient (Wildman–Crippen LogP) is 4.62. The summed E-state index contributed by atoms with van der Waals surface area (Å²) in [6.07, 6.45) is 5.77. The molecule has 0 fully saturated rings. The molecule has 0 saturated heterocycles. The molecule has 3 rings (SSSR count). The van der Waals surface area contributed by atoms with Crippen molar-refractivity contribution in [3.8, 4) is 17.0 Å². The van der Waals surface area contributed by atoms with Gasteiger partial charge in [0.2, 0.25) is 5.88 Å². The Morgan fingerprint density at radius 2 is 1.86 bits per heavy atom. The number of fused-ring (bicyclic) bond motifs is 1. The third-order valence-electron chi connectivity index (χ3n) is 5.23. The van der Waals surface area contributed by atoms with Gasteiger partial charge < -0.3 is 4.74 Å². The first-order chi connectivity index (χ1) is 13.5. The lowest BCUT2D eigenvalue weighted by atomic mass is 10.0. The molecule has 0 aromatic carbocycles. The van der Waals surface area contributed by atoms with E-state index in [1.165, 1.54) is 0 Å². The molecule has 3 heterocycles. The van der Waals surface area contributed by atoms with Gasteiger partial charge in [-0.05, 0) is 38.8 Å². The van der Waals surface area contributed by atoms with E-state index in [-0.39, 0.29) is 11.6 Å². The quantitative estimate of drug-likeness (QED) is 0.598. The topological polar surface area (TPSA) is 69.9 Å². The minimum Gasteiger partial charge on any atom is -0.481 e. The van der Waals surface area contributed by atoms with Crippen LogP contribution in [0.4, 0.5) is 0 Å². The number of ether oxygens (including phenoxy) is 1. The van der Waals surface area contributed by atoms with Crippen LogP contribution in [-0.2, 0) is 0 Å². The average Bonchev–Trinajstić information content (AvgIpc) is 2.70. The Kier molecular flexibility index (Phi) is 6.07. The summed E-state index contributed by atoms with van der Waals surface area (Å²) in [5.41, 5.74) is 4.57. The number of hydrogen-bond acceptors (Lipinski definition) is 5. The highest BCUT2D eigenvalue weighted by Gasteiger charge is 2.19. The molecule has 0 saturated carbocycles. The molecule has 0 radical (unpaired) electrons. The number of rotatable bonds is 7. The van der Waals surface area contributed by atoms with Crippen LogP contribution in [0.25, 0.3) is 22.3 Å². The average molecular weight is 380 g/mol. The third kappa shape index (κ3) is 3.63. The Morgan fingerprint density at radius 3 is 2.50 bits per heavy atom. The van der Waals surface area contributed by atoms with Crippen LogP contribution >= 0.6 is 0 Å². The standard InChI is InChI=1S/C22H28N4O2/c1-6-8-9-16(7-2)26-21-20(25-15(4)22(26)27)18(12-13-23-21)17-10-11-19(28-5)24-14(17)3/h10-13,16H,6-9H2,1-5H3/t16-/m0/s1. The van der Waals surface area contributed by atoms with Gasteiger partial charge in [-0.25, -0.2) is 15.0 Å². The lowest BCUT2D eigenvalue weighted by molar-refractivity contribution is 0.397. The molecule has 0 amide bonds. The number of methoxy groups -OCH3 is 1. The van der Waals surface area contributed by atoms with Crippen LogP contribution < -0.4 is 10.3 Å². The molecule has 6 nitrogen and oxygen atoms in total. The van der Waals surface area contributed by atoms with Gasteiger partial charge in [-0.15, -0.1) is 0 Å². The summed E-state index contributed by atoms with van der Waals surface area (Å²) < 4.78 is 7.08. The molecule has 0 aliphatic carbocycles. The smallest absolute Gasteiger partial charge is 0.273 e. The SMILES string of the molecule is CCCC[C@H](CC)n1c(=O)c(C)nc2c(-c3ccc(OC)nc3C)ccnc21. The summed E-state index contributed by atoms with van der Waals surface area (Å²) in [6, 6.07) is 5.88. The number of nitrogens with zero attached hydrogens (tertiary/aromatic N) is 4. The molecule has 1 atom stereocenters. The first-order valence-electron chi connectivity index (χ1n) is 9.91. The maximum atomic E-state index is 13.0. The Hall–Kier alpha value is -2.76. The predicted molar refractivity (Wildman–Crippen MR) is 112 cm³/mol. The molecular formula is C22H28N4O2. The van der Waals surface area contributed by atoms with E-state index in [2.05, 4.69) is 28.8 Å². The summed E-state index contributed by atoms with van der Waals surface area (Å²) in [4.78, 5) is 26.7. The van der Waals surface area contributed by atoms with E-state index < -0.39 is 0 Å². The summed E-state index contributed by atoms with van der Waals surface area (Å²) in [7, 11) is 1.61. The van der Waals surface area contributed by atoms with Crippen LogP contribution in [0.2, 0.25) is 0 Å². The van der Waals surface area contributed by atoms with E-state index in [0.717, 1.165) is 48.0 Å². The van der Waals surface area contributed by atoms with Crippen LogP contribution in [0.15, 0.2) is 29.2 Å². The van der Waals surface area contributed by atoms with E-state index in [1.807, 2.05) is 29.7 Å². The van der Waals surface area contributed by atoms with E-state index in [9.17, 15) is 4.79 Å². The van der Waals surface area contributed by atoms with Crippen molar-refractivity contribution in [3.63, 3.8) is 0 Å². The van der Waals surface area contributed by atoms with Gasteiger partial charge in [-0.3, -0.25) is 9.36 Å². The van der Waals surface area contributed by atoms with Crippen molar-refractivity contribution in [1.29, 1.82) is 0 Å². The second-order valence-corrected chi connectivity index (χ2v) is 7.09. The van der Waals surface area contributed by atoms with Gasteiger partial charge >= 0.3 is 0 Å². The van der Waals surface area contributed by atoms with Crippen molar-refractivity contribution in [1.82, 2.24) is 19.5 Å². The van der Waals surface area contributed by atoms with Crippen LogP contribution in [0.1, 0.15) is 57.0 Å². The summed E-state index contributed by atoms with van der Waals surface area (Å²) in [5, 5.41) is 0. The fourth-order valence-electron chi connectivity index (χ4n) is 3.66. The highest BCUT2D eigenvalue weighted by molar-refractivity contribution is 5.90. The lowest BCUT2D eigenvalue weighted by Gasteiger charge is -2.21. The van der Waals surface area contributed by atoms with Gasteiger partial charge in [0.1, 0.15) is 11.2 Å². The first-order valence-corrected chi connectivity index (χ1v) is 9.91. The summed E-state index contributed by atoms with van der Waals surface area (Å²) in [6.45, 7) is 8.01. The Balaban J connectivity index is 2.27. The maximum Gasteiger partial charge on any atom is 0.273 e. The zero-order valence-corrected chi connectivity index (χ0v) is 17.3. The molecule has 0 spiro atoms. The van der Waals surface area contributed by atoms with Crippen LogP contribution in [-0.4, -0.2) is 26.6 Å². The van der Waals surface area contributed by atoms with Crippen molar-refractivity contribution in [2.45, 2.75) is 59.4 Å². The maximum absolute atomic E-state index is 13.0.